The van der Waals surface area contributed by atoms with E-state index in [1.54, 1.807) is 43.5 Å². The van der Waals surface area contributed by atoms with Crippen LogP contribution in [-0.2, 0) is 9.59 Å². The van der Waals surface area contributed by atoms with Crippen molar-refractivity contribution in [2.75, 3.05) is 37.4 Å². The van der Waals surface area contributed by atoms with Crippen LogP contribution in [0.3, 0.4) is 0 Å². The van der Waals surface area contributed by atoms with E-state index in [-0.39, 0.29) is 29.5 Å². The summed E-state index contributed by atoms with van der Waals surface area (Å²) < 4.78 is 20.6. The van der Waals surface area contributed by atoms with Gasteiger partial charge in [0.15, 0.2) is 0 Å². The smallest absolute Gasteiger partial charge is 0.233 e. The molecule has 0 radical (unpaired) electrons. The van der Waals surface area contributed by atoms with Gasteiger partial charge in [0.05, 0.1) is 5.22 Å². The Labute approximate surface area is 223 Å². The van der Waals surface area contributed by atoms with Crippen LogP contribution in [0.15, 0.2) is 41.4 Å². The molecule has 1 aliphatic heterocycles. The summed E-state index contributed by atoms with van der Waals surface area (Å²) in [5.74, 6) is 0.0629. The Bertz CT molecular complexity index is 1260. The van der Waals surface area contributed by atoms with Gasteiger partial charge < -0.3 is 25.6 Å². The molecule has 9 heteroatoms. The molecule has 1 aliphatic rings. The van der Waals surface area contributed by atoms with Gasteiger partial charge in [0.25, 0.3) is 0 Å². The van der Waals surface area contributed by atoms with Crippen molar-refractivity contribution in [3.8, 4) is 5.75 Å². The number of hydrogen-bond donors (Lipinski definition) is 3. The van der Waals surface area contributed by atoms with Crippen molar-refractivity contribution < 1.29 is 18.7 Å². The number of aliphatic imine (C=N–C) groups is 1. The maximum Gasteiger partial charge on any atom is 0.233 e. The average molecular weight is 524 g/mol. The molecule has 0 bridgehead atoms. The second-order valence-electron chi connectivity index (χ2n) is 9.60. The predicted octanol–water partition coefficient (Wildman–Crippen LogP) is 3.08. The van der Waals surface area contributed by atoms with Gasteiger partial charge in [-0.25, -0.2) is 9.38 Å². The van der Waals surface area contributed by atoms with Gasteiger partial charge in [-0.15, -0.1) is 0 Å². The molecule has 3 N–H and O–H groups in total. The normalized spacial score (nSPS) is 16.2. The Balaban J connectivity index is 1.69. The number of amides is 2. The first kappa shape index (κ1) is 28.8. The monoisotopic (exact) mass is 523 g/mol. The van der Waals surface area contributed by atoms with E-state index >= 15 is 4.39 Å². The number of hydrogen-bond acceptors (Lipinski definition) is 6. The zero-order chi connectivity index (χ0) is 27.7. The van der Waals surface area contributed by atoms with Crippen molar-refractivity contribution in [2.45, 2.75) is 46.1 Å². The summed E-state index contributed by atoms with van der Waals surface area (Å²) in [4.78, 5) is 31.3. The number of halogens is 1. The number of carbonyl (C=O) groups is 2. The summed E-state index contributed by atoms with van der Waals surface area (Å²) in [6, 6.07) is 10.1. The molecule has 0 saturated carbocycles. The summed E-state index contributed by atoms with van der Waals surface area (Å²) in [5, 5.41) is 9.56. The summed E-state index contributed by atoms with van der Waals surface area (Å²) in [6.07, 6.45) is 3.33. The average Bonchev–Trinajstić information content (AvgIpc) is 3.36. The molecule has 0 spiro atoms. The molecule has 1 fully saturated rings. The van der Waals surface area contributed by atoms with E-state index in [0.717, 1.165) is 12.8 Å². The third-order valence-corrected chi connectivity index (χ3v) is 6.39. The van der Waals surface area contributed by atoms with Crippen molar-refractivity contribution in [2.24, 2.45) is 10.9 Å². The van der Waals surface area contributed by atoms with Crippen LogP contribution in [0.4, 0.5) is 15.8 Å². The molecule has 2 aromatic rings. The molecular formula is C29H38FN5O3. The van der Waals surface area contributed by atoms with Gasteiger partial charge in [0, 0.05) is 42.8 Å². The standard InChI is InChI=1S/C29H38FN5O3/c1-6-32-29(28-20(4)16-23(17-24(28)30)38-15-13-31-5)34-22-11-9-21(10-12-22)33-26(36)18-27(37)35-14-7-8-25(35)19(2)3/h6,9-12,16-17,19,25,31,34H,4,7-8,13-15,18H2,1-3,5H3,(H,33,36)/b29-28-,32-6-. The summed E-state index contributed by atoms with van der Waals surface area (Å²) >= 11 is 0. The summed E-state index contributed by atoms with van der Waals surface area (Å²) in [6.45, 7) is 11.7. The van der Waals surface area contributed by atoms with Gasteiger partial charge in [0.2, 0.25) is 11.8 Å². The van der Waals surface area contributed by atoms with Crippen molar-refractivity contribution >= 4 is 41.8 Å². The van der Waals surface area contributed by atoms with E-state index in [1.165, 1.54) is 6.07 Å². The number of rotatable bonds is 11. The van der Waals surface area contributed by atoms with Crippen molar-refractivity contribution in [1.82, 2.24) is 10.2 Å². The third-order valence-electron chi connectivity index (χ3n) is 6.39. The van der Waals surface area contributed by atoms with Crippen LogP contribution < -0.4 is 31.1 Å². The number of carbonyl (C=O) groups excluding carboxylic acids is 2. The molecule has 2 aromatic carbocycles. The molecule has 8 nitrogen and oxygen atoms in total. The lowest BCUT2D eigenvalue weighted by Gasteiger charge is -2.27. The highest BCUT2D eigenvalue weighted by Crippen LogP contribution is 2.24. The van der Waals surface area contributed by atoms with Crippen molar-refractivity contribution in [1.29, 1.82) is 0 Å². The number of likely N-dealkylation sites (N-methyl/N-ethyl adjacent to an activating group) is 1. The molecule has 0 aromatic heterocycles. The largest absolute Gasteiger partial charge is 0.492 e. The number of benzene rings is 2. The molecule has 0 aliphatic carbocycles. The van der Waals surface area contributed by atoms with E-state index in [1.807, 2.05) is 11.9 Å². The Morgan fingerprint density at radius 3 is 2.50 bits per heavy atom. The Hall–Kier alpha value is -3.72. The highest BCUT2D eigenvalue weighted by Gasteiger charge is 2.31. The number of anilines is 2. The minimum absolute atomic E-state index is 0.141. The topological polar surface area (TPSA) is 95.1 Å². The molecule has 1 unspecified atom stereocenters. The van der Waals surface area contributed by atoms with Gasteiger partial charge in [-0.2, -0.15) is 0 Å². The first-order valence-corrected chi connectivity index (χ1v) is 13.0. The van der Waals surface area contributed by atoms with Gasteiger partial charge in [-0.05, 0) is 68.3 Å². The quantitative estimate of drug-likeness (QED) is 0.239. The SMILES string of the molecule is C=c1cc(OCCNC)cc(F)/c1=C(/N=C\C)Nc1ccc(NC(=O)CC(=O)N2CCCC2C(C)C)cc1. The number of nitrogens with zero attached hydrogens (tertiary/aromatic N) is 2. The molecule has 1 atom stereocenters. The van der Waals surface area contributed by atoms with Gasteiger partial charge in [-0.3, -0.25) is 9.59 Å². The van der Waals surface area contributed by atoms with E-state index in [9.17, 15) is 9.59 Å². The van der Waals surface area contributed by atoms with E-state index in [4.69, 9.17) is 4.74 Å². The maximum absolute atomic E-state index is 15.0. The first-order chi connectivity index (χ1) is 18.2. The van der Waals surface area contributed by atoms with Crippen molar-refractivity contribution in [3.63, 3.8) is 0 Å². The van der Waals surface area contributed by atoms with Gasteiger partial charge >= 0.3 is 0 Å². The fourth-order valence-corrected chi connectivity index (χ4v) is 4.56. The zero-order valence-electron chi connectivity index (χ0n) is 22.6. The van der Waals surface area contributed by atoms with Crippen LogP contribution in [0.1, 0.15) is 40.0 Å². The fourth-order valence-electron chi connectivity index (χ4n) is 4.56. The second kappa shape index (κ2) is 13.7. The Morgan fingerprint density at radius 2 is 1.89 bits per heavy atom. The molecule has 1 heterocycles. The number of likely N-dealkylation sites (tertiary alicyclic amines) is 1. The van der Waals surface area contributed by atoms with Crippen LogP contribution >= 0.6 is 0 Å². The molecule has 204 valence electrons. The van der Waals surface area contributed by atoms with Gasteiger partial charge in [0.1, 0.15) is 30.4 Å². The minimum Gasteiger partial charge on any atom is -0.492 e. The zero-order valence-corrected chi connectivity index (χ0v) is 22.6. The van der Waals surface area contributed by atoms with Crippen LogP contribution in [-0.4, -0.2) is 55.7 Å². The molecular weight excluding hydrogens is 485 g/mol. The second-order valence-corrected chi connectivity index (χ2v) is 9.60. The summed E-state index contributed by atoms with van der Waals surface area (Å²) in [5.41, 5.74) is 1.20. The predicted molar refractivity (Wildman–Crippen MR) is 151 cm³/mol. The fraction of sp³-hybridized carbons (Fsp3) is 0.414. The molecule has 38 heavy (non-hydrogen) atoms. The third kappa shape index (κ3) is 7.64. The van der Waals surface area contributed by atoms with Crippen molar-refractivity contribution in [3.05, 3.63) is 52.7 Å². The molecule has 1 saturated heterocycles. The Kier molecular flexibility index (Phi) is 10.4. The van der Waals surface area contributed by atoms with Crippen LogP contribution in [0.25, 0.3) is 12.4 Å². The lowest BCUT2D eigenvalue weighted by atomic mass is 10.0. The Morgan fingerprint density at radius 1 is 1.21 bits per heavy atom. The van der Waals surface area contributed by atoms with Crippen LogP contribution in [0, 0.1) is 11.7 Å². The number of ether oxygens (including phenoxy) is 1. The molecule has 3 rings (SSSR count). The lowest BCUT2D eigenvalue weighted by molar-refractivity contribution is -0.135. The minimum atomic E-state index is -0.503. The maximum atomic E-state index is 15.0. The summed E-state index contributed by atoms with van der Waals surface area (Å²) in [7, 11) is 1.81. The molecule has 2 amide bonds. The highest BCUT2D eigenvalue weighted by atomic mass is 19.1. The van der Waals surface area contributed by atoms with Crippen LogP contribution in [0.5, 0.6) is 5.75 Å². The number of nitrogens with one attached hydrogen (secondary N) is 3. The van der Waals surface area contributed by atoms with E-state index in [0.29, 0.717) is 53.8 Å². The lowest BCUT2D eigenvalue weighted by Crippen LogP contribution is -2.40. The van der Waals surface area contributed by atoms with Gasteiger partial charge in [-0.1, -0.05) is 20.4 Å². The van der Waals surface area contributed by atoms with Crippen LogP contribution in [0.2, 0.25) is 0 Å². The van der Waals surface area contributed by atoms with E-state index in [2.05, 4.69) is 41.4 Å². The highest BCUT2D eigenvalue weighted by molar-refractivity contribution is 6.03. The first-order valence-electron chi connectivity index (χ1n) is 13.0. The van der Waals surface area contributed by atoms with E-state index < -0.39 is 5.82 Å².